The summed E-state index contributed by atoms with van der Waals surface area (Å²) in [6.07, 6.45) is 6.19. The van der Waals surface area contributed by atoms with Crippen LogP contribution in [0, 0.1) is 5.92 Å². The van der Waals surface area contributed by atoms with Crippen LogP contribution in [0.25, 0.3) is 0 Å². The van der Waals surface area contributed by atoms with Crippen LogP contribution in [0.2, 0.25) is 5.02 Å². The van der Waals surface area contributed by atoms with E-state index in [-0.39, 0.29) is 11.8 Å². The molecule has 0 spiro atoms. The Morgan fingerprint density at radius 3 is 2.65 bits per heavy atom. The number of nitrogens with zero attached hydrogens (tertiary/aromatic N) is 2. The summed E-state index contributed by atoms with van der Waals surface area (Å²) in [7, 11) is 0. The second-order valence-electron chi connectivity index (χ2n) is 5.57. The minimum Gasteiger partial charge on any atom is -0.330 e. The summed E-state index contributed by atoms with van der Waals surface area (Å²) < 4.78 is 1.71. The molecule has 1 aromatic rings. The number of carbonyl (C=O) groups excluding carboxylic acids is 1. The Hall–Kier alpha value is -0.870. The summed E-state index contributed by atoms with van der Waals surface area (Å²) in [6, 6.07) is 0.136. The minimum atomic E-state index is 0.0827. The lowest BCUT2D eigenvalue weighted by Gasteiger charge is -2.15. The summed E-state index contributed by atoms with van der Waals surface area (Å²) in [4.78, 5) is 12.4. The van der Waals surface area contributed by atoms with Gasteiger partial charge < -0.3 is 5.73 Å². The number of ketones is 1. The summed E-state index contributed by atoms with van der Waals surface area (Å²) >= 11 is 6.10. The van der Waals surface area contributed by atoms with E-state index in [4.69, 9.17) is 17.3 Å². The third-order valence-electron chi connectivity index (χ3n) is 3.56. The molecule has 2 N–H and O–H groups in total. The summed E-state index contributed by atoms with van der Waals surface area (Å²) in [5.41, 5.74) is 6.17. The van der Waals surface area contributed by atoms with Crippen LogP contribution < -0.4 is 5.73 Å². The Morgan fingerprint density at radius 1 is 1.40 bits per heavy atom. The van der Waals surface area contributed by atoms with Gasteiger partial charge in [-0.1, -0.05) is 31.4 Å². The Kier molecular flexibility index (Phi) is 7.24. The molecule has 1 unspecified atom stereocenters. The maximum absolute atomic E-state index is 12.4. The number of carbonyl (C=O) groups is 1. The van der Waals surface area contributed by atoms with Crippen molar-refractivity contribution in [2.24, 2.45) is 11.7 Å². The first-order valence-corrected chi connectivity index (χ1v) is 7.85. The van der Waals surface area contributed by atoms with Gasteiger partial charge in [0.25, 0.3) is 0 Å². The van der Waals surface area contributed by atoms with Crippen molar-refractivity contribution in [3.05, 3.63) is 16.9 Å². The van der Waals surface area contributed by atoms with Crippen LogP contribution in [0.1, 0.15) is 69.4 Å². The largest absolute Gasteiger partial charge is 0.330 e. The average Bonchev–Trinajstić information content (AvgIpc) is 2.78. The van der Waals surface area contributed by atoms with Crippen molar-refractivity contribution < 1.29 is 4.79 Å². The topological polar surface area (TPSA) is 60.9 Å². The summed E-state index contributed by atoms with van der Waals surface area (Å²) in [6.45, 7) is 6.84. The van der Waals surface area contributed by atoms with Gasteiger partial charge in [0.15, 0.2) is 5.78 Å². The average molecular weight is 300 g/mol. The van der Waals surface area contributed by atoms with Gasteiger partial charge in [-0.2, -0.15) is 5.10 Å². The smallest absolute Gasteiger partial charge is 0.182 e. The Balaban J connectivity index is 2.69. The fourth-order valence-electron chi connectivity index (χ4n) is 2.52. The number of rotatable bonds is 9. The number of aromatic nitrogens is 2. The highest BCUT2D eigenvalue weighted by molar-refractivity contribution is 6.33. The third-order valence-corrected chi connectivity index (χ3v) is 3.83. The maximum atomic E-state index is 12.4. The minimum absolute atomic E-state index is 0.0827. The van der Waals surface area contributed by atoms with Crippen molar-refractivity contribution >= 4 is 17.4 Å². The zero-order chi connectivity index (χ0) is 15.1. The Labute approximate surface area is 126 Å². The first-order chi connectivity index (χ1) is 9.51. The molecule has 5 heteroatoms. The molecule has 0 radical (unpaired) electrons. The van der Waals surface area contributed by atoms with Gasteiger partial charge in [0.1, 0.15) is 5.69 Å². The first-order valence-electron chi connectivity index (χ1n) is 7.47. The number of Topliss-reactive ketones (excluding diaryl/α,β-unsaturated/α-hetero) is 1. The van der Waals surface area contributed by atoms with Gasteiger partial charge in [-0.05, 0) is 39.2 Å². The molecule has 0 saturated carbocycles. The molecule has 114 valence electrons. The zero-order valence-electron chi connectivity index (χ0n) is 12.7. The van der Waals surface area contributed by atoms with Gasteiger partial charge in [-0.15, -0.1) is 0 Å². The maximum Gasteiger partial charge on any atom is 0.182 e. The molecule has 0 fully saturated rings. The first kappa shape index (κ1) is 17.2. The molecule has 0 aliphatic rings. The van der Waals surface area contributed by atoms with Crippen molar-refractivity contribution in [3.8, 4) is 0 Å². The second-order valence-corrected chi connectivity index (χ2v) is 5.98. The summed E-state index contributed by atoms with van der Waals surface area (Å²) in [5, 5.41) is 4.63. The highest BCUT2D eigenvalue weighted by Gasteiger charge is 2.20. The van der Waals surface area contributed by atoms with E-state index in [2.05, 4.69) is 12.0 Å². The van der Waals surface area contributed by atoms with Crippen LogP contribution >= 0.6 is 11.6 Å². The standard InChI is InChI=1S/C15H26ClN3O/c1-4-5-12(8-9-17)6-7-14(20)15-13(16)10-18-19(15)11(2)3/h10-12H,4-9,17H2,1-3H3. The van der Waals surface area contributed by atoms with Crippen molar-refractivity contribution in [1.29, 1.82) is 0 Å². The molecule has 1 heterocycles. The predicted molar refractivity (Wildman–Crippen MR) is 83.3 cm³/mol. The molecule has 1 rings (SSSR count). The highest BCUT2D eigenvalue weighted by Crippen LogP contribution is 2.23. The fraction of sp³-hybridized carbons (Fsp3) is 0.733. The van der Waals surface area contributed by atoms with Crippen LogP contribution in [0.3, 0.4) is 0 Å². The van der Waals surface area contributed by atoms with Gasteiger partial charge in [0.2, 0.25) is 0 Å². The second kappa shape index (κ2) is 8.42. The van der Waals surface area contributed by atoms with Crippen molar-refractivity contribution in [3.63, 3.8) is 0 Å². The van der Waals surface area contributed by atoms with Crippen LogP contribution in [-0.2, 0) is 0 Å². The van der Waals surface area contributed by atoms with Crippen molar-refractivity contribution in [1.82, 2.24) is 9.78 Å². The highest BCUT2D eigenvalue weighted by atomic mass is 35.5. The Morgan fingerprint density at radius 2 is 2.10 bits per heavy atom. The van der Waals surface area contributed by atoms with E-state index in [9.17, 15) is 4.79 Å². The third kappa shape index (κ3) is 4.60. The number of halogens is 1. The van der Waals surface area contributed by atoms with Crippen molar-refractivity contribution in [2.45, 2.75) is 58.9 Å². The van der Waals surface area contributed by atoms with Gasteiger partial charge >= 0.3 is 0 Å². The SMILES string of the molecule is CCCC(CCN)CCC(=O)c1c(Cl)cnn1C(C)C. The molecule has 1 atom stereocenters. The normalized spacial score (nSPS) is 12.9. The monoisotopic (exact) mass is 299 g/mol. The molecule has 4 nitrogen and oxygen atoms in total. The van der Waals surface area contributed by atoms with Gasteiger partial charge in [-0.3, -0.25) is 9.48 Å². The van der Waals surface area contributed by atoms with Gasteiger partial charge in [0.05, 0.1) is 11.2 Å². The lowest BCUT2D eigenvalue weighted by atomic mass is 9.93. The van der Waals surface area contributed by atoms with Crippen LogP contribution in [-0.4, -0.2) is 22.1 Å². The molecule has 0 aromatic carbocycles. The van der Waals surface area contributed by atoms with Crippen LogP contribution in [0.5, 0.6) is 0 Å². The molecule has 0 amide bonds. The van der Waals surface area contributed by atoms with E-state index >= 15 is 0 Å². The lowest BCUT2D eigenvalue weighted by Crippen LogP contribution is -2.15. The van der Waals surface area contributed by atoms with E-state index in [1.54, 1.807) is 10.9 Å². The molecular formula is C15H26ClN3O. The Bertz CT molecular complexity index is 423. The quantitative estimate of drug-likeness (QED) is 0.705. The van der Waals surface area contributed by atoms with E-state index in [0.29, 0.717) is 29.6 Å². The zero-order valence-corrected chi connectivity index (χ0v) is 13.5. The molecule has 1 aromatic heterocycles. The predicted octanol–water partition coefficient (Wildman–Crippen LogP) is 3.85. The van der Waals surface area contributed by atoms with Gasteiger partial charge in [-0.25, -0.2) is 0 Å². The number of hydrogen-bond donors (Lipinski definition) is 1. The molecule has 0 aliphatic carbocycles. The molecule has 0 bridgehead atoms. The van der Waals surface area contributed by atoms with Crippen molar-refractivity contribution in [2.75, 3.05) is 6.54 Å². The van der Waals surface area contributed by atoms with Crippen LogP contribution in [0.15, 0.2) is 6.20 Å². The fourth-order valence-corrected chi connectivity index (χ4v) is 2.76. The number of nitrogens with two attached hydrogens (primary N) is 1. The summed E-state index contributed by atoms with van der Waals surface area (Å²) in [5.74, 6) is 0.613. The van der Waals surface area contributed by atoms with E-state index in [1.165, 1.54) is 0 Å². The molecule has 20 heavy (non-hydrogen) atoms. The molecule has 0 saturated heterocycles. The molecular weight excluding hydrogens is 274 g/mol. The van der Waals surface area contributed by atoms with E-state index in [1.807, 2.05) is 13.8 Å². The number of hydrogen-bond acceptors (Lipinski definition) is 3. The van der Waals surface area contributed by atoms with Crippen LogP contribution in [0.4, 0.5) is 0 Å². The lowest BCUT2D eigenvalue weighted by molar-refractivity contribution is 0.0960. The van der Waals surface area contributed by atoms with Gasteiger partial charge in [0, 0.05) is 12.5 Å². The van der Waals surface area contributed by atoms with E-state index < -0.39 is 0 Å². The molecule has 0 aliphatic heterocycles. The van der Waals surface area contributed by atoms with E-state index in [0.717, 1.165) is 25.7 Å².